The molecule has 0 bridgehead atoms. The van der Waals surface area contributed by atoms with Crippen molar-refractivity contribution >= 4 is 6.09 Å². The predicted octanol–water partition coefficient (Wildman–Crippen LogP) is 0.827. The van der Waals surface area contributed by atoms with Crippen molar-refractivity contribution in [3.05, 3.63) is 12.2 Å². The third-order valence-electron chi connectivity index (χ3n) is 2.01. The molecule has 2 N–H and O–H groups in total. The topological polar surface area (TPSA) is 67.8 Å². The lowest BCUT2D eigenvalue weighted by Crippen LogP contribution is -2.48. The molecule has 0 aliphatic carbocycles. The fraction of sp³-hybridized carbons (Fsp3) is 0.727. The molecule has 0 radical (unpaired) electrons. The van der Waals surface area contributed by atoms with Crippen LogP contribution >= 0.6 is 0 Å². The second kappa shape index (κ2) is 5.32. The van der Waals surface area contributed by atoms with Gasteiger partial charge in [0, 0.05) is 0 Å². The maximum atomic E-state index is 11.5. The Morgan fingerprint density at radius 3 is 2.88 bits per heavy atom. The summed E-state index contributed by atoms with van der Waals surface area (Å²) >= 11 is 0. The number of hydrogen-bond acceptors (Lipinski definition) is 4. The zero-order valence-electron chi connectivity index (χ0n) is 9.90. The summed E-state index contributed by atoms with van der Waals surface area (Å²) in [5.74, 6) is 0. The molecule has 0 unspecified atom stereocenters. The van der Waals surface area contributed by atoms with Crippen LogP contribution in [0.5, 0.6) is 0 Å². The van der Waals surface area contributed by atoms with Crippen molar-refractivity contribution in [3.63, 3.8) is 0 Å². The normalized spacial score (nSPS) is 25.2. The SMILES string of the molecule is CC(C)(C)OC(=O)N[C@@H]1C=CCO[C@@H]1CO. The van der Waals surface area contributed by atoms with Crippen LogP contribution in [0.15, 0.2) is 12.2 Å². The van der Waals surface area contributed by atoms with Gasteiger partial charge >= 0.3 is 6.09 Å². The first-order valence-corrected chi connectivity index (χ1v) is 5.31. The zero-order valence-corrected chi connectivity index (χ0v) is 9.90. The molecule has 0 saturated carbocycles. The van der Waals surface area contributed by atoms with Crippen LogP contribution in [0.1, 0.15) is 20.8 Å². The second-order valence-electron chi connectivity index (χ2n) is 4.65. The van der Waals surface area contributed by atoms with E-state index in [1.54, 1.807) is 32.9 Å². The molecule has 2 atom stereocenters. The number of alkyl carbamates (subject to hydrolysis) is 1. The monoisotopic (exact) mass is 229 g/mol. The van der Waals surface area contributed by atoms with Crippen LogP contribution in [-0.2, 0) is 9.47 Å². The van der Waals surface area contributed by atoms with Crippen LogP contribution in [-0.4, -0.2) is 42.2 Å². The number of aliphatic hydroxyl groups is 1. The Kier molecular flexibility index (Phi) is 4.32. The lowest BCUT2D eigenvalue weighted by molar-refractivity contribution is -0.000228. The van der Waals surface area contributed by atoms with Gasteiger partial charge in [0.25, 0.3) is 0 Å². The van der Waals surface area contributed by atoms with Crippen LogP contribution in [0.25, 0.3) is 0 Å². The minimum Gasteiger partial charge on any atom is -0.444 e. The molecular formula is C11H19NO4. The maximum absolute atomic E-state index is 11.5. The van der Waals surface area contributed by atoms with Crippen molar-refractivity contribution in [1.82, 2.24) is 5.32 Å². The first-order valence-electron chi connectivity index (χ1n) is 5.31. The molecule has 1 aliphatic heterocycles. The van der Waals surface area contributed by atoms with Crippen molar-refractivity contribution in [2.24, 2.45) is 0 Å². The highest BCUT2D eigenvalue weighted by Crippen LogP contribution is 2.10. The third-order valence-corrected chi connectivity index (χ3v) is 2.01. The molecule has 92 valence electrons. The van der Waals surface area contributed by atoms with Crippen molar-refractivity contribution in [3.8, 4) is 0 Å². The second-order valence-corrected chi connectivity index (χ2v) is 4.65. The highest BCUT2D eigenvalue weighted by molar-refractivity contribution is 5.68. The van der Waals surface area contributed by atoms with E-state index in [0.717, 1.165) is 0 Å². The minimum atomic E-state index is -0.530. The van der Waals surface area contributed by atoms with E-state index in [2.05, 4.69) is 5.32 Å². The number of nitrogens with one attached hydrogen (secondary N) is 1. The molecule has 0 saturated heterocycles. The summed E-state index contributed by atoms with van der Waals surface area (Å²) in [4.78, 5) is 11.5. The van der Waals surface area contributed by atoms with Crippen molar-refractivity contribution < 1.29 is 19.4 Å². The number of hydrogen-bond donors (Lipinski definition) is 2. The van der Waals surface area contributed by atoms with Gasteiger partial charge in [-0.2, -0.15) is 0 Å². The predicted molar refractivity (Wildman–Crippen MR) is 59.1 cm³/mol. The Morgan fingerprint density at radius 2 is 2.31 bits per heavy atom. The van der Waals surface area contributed by atoms with Gasteiger partial charge in [-0.1, -0.05) is 12.2 Å². The van der Waals surface area contributed by atoms with Crippen LogP contribution in [0.2, 0.25) is 0 Å². The lowest BCUT2D eigenvalue weighted by Gasteiger charge is -2.28. The molecule has 0 aromatic rings. The molecule has 0 aromatic carbocycles. The number of rotatable bonds is 2. The molecule has 16 heavy (non-hydrogen) atoms. The molecule has 1 aliphatic rings. The summed E-state index contributed by atoms with van der Waals surface area (Å²) in [5, 5.41) is 11.7. The van der Waals surface area contributed by atoms with Gasteiger partial charge in [0.15, 0.2) is 0 Å². The highest BCUT2D eigenvalue weighted by Gasteiger charge is 2.25. The van der Waals surface area contributed by atoms with Crippen LogP contribution in [0.3, 0.4) is 0 Å². The Hall–Kier alpha value is -1.07. The Balaban J connectivity index is 2.49. The van der Waals surface area contributed by atoms with Gasteiger partial charge in [0.1, 0.15) is 11.7 Å². The van der Waals surface area contributed by atoms with E-state index in [1.807, 2.05) is 0 Å². The summed E-state index contributed by atoms with van der Waals surface area (Å²) in [6.45, 7) is 5.71. The largest absolute Gasteiger partial charge is 0.444 e. The fourth-order valence-corrected chi connectivity index (χ4v) is 1.36. The van der Waals surface area contributed by atoms with E-state index in [1.165, 1.54) is 0 Å². The average molecular weight is 229 g/mol. The number of amides is 1. The number of carbonyl (C=O) groups excluding carboxylic acids is 1. The van der Waals surface area contributed by atoms with Crippen molar-refractivity contribution in [1.29, 1.82) is 0 Å². The third kappa shape index (κ3) is 4.20. The van der Waals surface area contributed by atoms with E-state index >= 15 is 0 Å². The van der Waals surface area contributed by atoms with Gasteiger partial charge in [-0.05, 0) is 20.8 Å². The van der Waals surface area contributed by atoms with Gasteiger partial charge in [0.05, 0.1) is 19.3 Å². The van der Waals surface area contributed by atoms with E-state index in [0.29, 0.717) is 6.61 Å². The van der Waals surface area contributed by atoms with E-state index in [-0.39, 0.29) is 12.6 Å². The molecule has 0 fully saturated rings. The zero-order chi connectivity index (χ0) is 12.2. The van der Waals surface area contributed by atoms with Crippen LogP contribution in [0, 0.1) is 0 Å². The van der Waals surface area contributed by atoms with E-state index in [4.69, 9.17) is 14.6 Å². The van der Waals surface area contributed by atoms with Crippen LogP contribution < -0.4 is 5.32 Å². The quantitative estimate of drug-likeness (QED) is 0.688. The van der Waals surface area contributed by atoms with Gasteiger partial charge in [-0.3, -0.25) is 0 Å². The number of aliphatic hydroxyl groups excluding tert-OH is 1. The van der Waals surface area contributed by atoms with E-state index < -0.39 is 17.8 Å². The smallest absolute Gasteiger partial charge is 0.408 e. The standard InChI is InChI=1S/C11H19NO4/c1-11(2,3)16-10(14)12-8-5-4-6-15-9(8)7-13/h4-5,8-9,13H,6-7H2,1-3H3,(H,12,14)/t8-,9-/m1/s1. The molecule has 0 spiro atoms. The molecule has 1 heterocycles. The van der Waals surface area contributed by atoms with Crippen LogP contribution in [0.4, 0.5) is 4.79 Å². The van der Waals surface area contributed by atoms with Crippen molar-refractivity contribution in [2.75, 3.05) is 13.2 Å². The first kappa shape index (κ1) is 13.0. The minimum absolute atomic E-state index is 0.134. The average Bonchev–Trinajstić information content (AvgIpc) is 2.15. The molecular weight excluding hydrogens is 210 g/mol. The maximum Gasteiger partial charge on any atom is 0.408 e. The summed E-state index contributed by atoms with van der Waals surface area (Å²) in [6.07, 6.45) is 2.69. The lowest BCUT2D eigenvalue weighted by atomic mass is 10.1. The van der Waals surface area contributed by atoms with Crippen molar-refractivity contribution in [2.45, 2.75) is 38.5 Å². The van der Waals surface area contributed by atoms with Gasteiger partial charge < -0.3 is 19.9 Å². The Labute approximate surface area is 95.4 Å². The molecule has 1 rings (SSSR count). The highest BCUT2D eigenvalue weighted by atomic mass is 16.6. The Bertz CT molecular complexity index is 270. The summed E-state index contributed by atoms with van der Waals surface area (Å²) in [5.41, 5.74) is -0.530. The summed E-state index contributed by atoms with van der Waals surface area (Å²) in [7, 11) is 0. The van der Waals surface area contributed by atoms with Gasteiger partial charge in [-0.25, -0.2) is 4.79 Å². The summed E-state index contributed by atoms with van der Waals surface area (Å²) in [6, 6.07) is -0.339. The molecule has 0 aromatic heterocycles. The first-order chi connectivity index (χ1) is 7.42. The number of ether oxygens (including phenoxy) is 2. The molecule has 5 heteroatoms. The van der Waals surface area contributed by atoms with E-state index in [9.17, 15) is 4.79 Å². The fourth-order valence-electron chi connectivity index (χ4n) is 1.36. The Morgan fingerprint density at radius 1 is 1.62 bits per heavy atom. The molecule has 5 nitrogen and oxygen atoms in total. The number of carbonyl (C=O) groups is 1. The molecule has 1 amide bonds. The van der Waals surface area contributed by atoms with Gasteiger partial charge in [0.2, 0.25) is 0 Å². The van der Waals surface area contributed by atoms with Gasteiger partial charge in [-0.15, -0.1) is 0 Å². The summed E-state index contributed by atoms with van der Waals surface area (Å²) < 4.78 is 10.4.